The lowest BCUT2D eigenvalue weighted by atomic mass is 10.1. The first-order chi connectivity index (χ1) is 12.3. The van der Waals surface area contributed by atoms with Gasteiger partial charge in [0.25, 0.3) is 0 Å². The Kier molecular flexibility index (Phi) is 8.28. The maximum absolute atomic E-state index is 12.2. The van der Waals surface area contributed by atoms with E-state index in [1.807, 2.05) is 58.2 Å². The lowest BCUT2D eigenvalue weighted by Gasteiger charge is -2.27. The van der Waals surface area contributed by atoms with E-state index in [0.717, 1.165) is 5.56 Å². The summed E-state index contributed by atoms with van der Waals surface area (Å²) in [6.45, 7) is 12.1. The standard InChI is InChI=1S/C21H34N2O4/c1-20(2,3)26-18(24)13-17(22-19(25)27-21(4,5)6)15-23(7)14-16-11-9-8-10-12-16/h8-12,17H,13-15H2,1-7H3,(H,22,25)/t17-/m1/s1. The lowest BCUT2D eigenvalue weighted by molar-refractivity contribution is -0.155. The van der Waals surface area contributed by atoms with Gasteiger partial charge in [0.1, 0.15) is 11.2 Å². The zero-order chi connectivity index (χ0) is 20.7. The molecule has 0 aliphatic carbocycles. The Morgan fingerprint density at radius 3 is 2.07 bits per heavy atom. The highest BCUT2D eigenvalue weighted by Crippen LogP contribution is 2.12. The molecule has 0 bridgehead atoms. The van der Waals surface area contributed by atoms with Gasteiger partial charge in [-0.25, -0.2) is 4.79 Å². The van der Waals surface area contributed by atoms with Gasteiger partial charge in [0.05, 0.1) is 12.5 Å². The third-order valence-electron chi connectivity index (χ3n) is 3.38. The Balaban J connectivity index is 2.73. The quantitative estimate of drug-likeness (QED) is 0.732. The maximum Gasteiger partial charge on any atom is 0.407 e. The van der Waals surface area contributed by atoms with E-state index in [1.54, 1.807) is 20.8 Å². The predicted molar refractivity (Wildman–Crippen MR) is 106 cm³/mol. The first-order valence-electron chi connectivity index (χ1n) is 9.28. The molecule has 0 aliphatic heterocycles. The van der Waals surface area contributed by atoms with E-state index in [-0.39, 0.29) is 12.4 Å². The first kappa shape index (κ1) is 23.0. The molecule has 0 heterocycles. The van der Waals surface area contributed by atoms with Gasteiger partial charge in [-0.1, -0.05) is 30.3 Å². The summed E-state index contributed by atoms with van der Waals surface area (Å²) >= 11 is 0. The minimum atomic E-state index is -0.601. The van der Waals surface area contributed by atoms with Gasteiger partial charge in [-0.05, 0) is 54.2 Å². The van der Waals surface area contributed by atoms with Crippen molar-refractivity contribution in [2.45, 2.75) is 71.8 Å². The summed E-state index contributed by atoms with van der Waals surface area (Å²) in [5.74, 6) is -0.350. The van der Waals surface area contributed by atoms with Crippen LogP contribution in [0.3, 0.4) is 0 Å². The minimum Gasteiger partial charge on any atom is -0.460 e. The predicted octanol–water partition coefficient (Wildman–Crippen LogP) is 3.74. The first-order valence-corrected chi connectivity index (χ1v) is 9.28. The number of likely N-dealkylation sites (N-methyl/N-ethyl adjacent to an activating group) is 1. The molecular formula is C21H34N2O4. The number of esters is 1. The number of hydrogen-bond acceptors (Lipinski definition) is 5. The van der Waals surface area contributed by atoms with Gasteiger partial charge in [-0.3, -0.25) is 4.79 Å². The zero-order valence-corrected chi connectivity index (χ0v) is 17.7. The second kappa shape index (κ2) is 9.74. The van der Waals surface area contributed by atoms with Crippen molar-refractivity contribution in [3.63, 3.8) is 0 Å². The normalized spacial score (nSPS) is 13.2. The van der Waals surface area contributed by atoms with E-state index >= 15 is 0 Å². The molecule has 1 amide bonds. The van der Waals surface area contributed by atoms with Crippen molar-refractivity contribution >= 4 is 12.1 Å². The lowest BCUT2D eigenvalue weighted by Crippen LogP contribution is -2.46. The van der Waals surface area contributed by atoms with Crippen molar-refractivity contribution in [3.8, 4) is 0 Å². The summed E-state index contributed by atoms with van der Waals surface area (Å²) in [7, 11) is 1.95. The van der Waals surface area contributed by atoms with Crippen molar-refractivity contribution < 1.29 is 19.1 Å². The molecular weight excluding hydrogens is 344 g/mol. The highest BCUT2D eigenvalue weighted by atomic mass is 16.6. The largest absolute Gasteiger partial charge is 0.460 e. The highest BCUT2D eigenvalue weighted by molar-refractivity contribution is 5.73. The molecule has 152 valence electrons. The van der Waals surface area contributed by atoms with Crippen molar-refractivity contribution in [2.75, 3.05) is 13.6 Å². The number of carbonyl (C=O) groups is 2. The molecule has 0 saturated heterocycles. The Morgan fingerprint density at radius 1 is 1.00 bits per heavy atom. The number of nitrogens with zero attached hydrogens (tertiary/aromatic N) is 1. The van der Waals surface area contributed by atoms with Crippen LogP contribution in [0.2, 0.25) is 0 Å². The second-order valence-corrected chi connectivity index (χ2v) is 8.82. The fraction of sp³-hybridized carbons (Fsp3) is 0.619. The Hall–Kier alpha value is -2.08. The molecule has 0 fully saturated rings. The van der Waals surface area contributed by atoms with E-state index < -0.39 is 23.3 Å². The number of alkyl carbamates (subject to hydrolysis) is 1. The van der Waals surface area contributed by atoms with E-state index in [1.165, 1.54) is 0 Å². The topological polar surface area (TPSA) is 67.9 Å². The Morgan fingerprint density at radius 2 is 1.56 bits per heavy atom. The van der Waals surface area contributed by atoms with Gasteiger partial charge in [-0.15, -0.1) is 0 Å². The molecule has 27 heavy (non-hydrogen) atoms. The van der Waals surface area contributed by atoms with Gasteiger partial charge in [0, 0.05) is 13.1 Å². The summed E-state index contributed by atoms with van der Waals surface area (Å²) in [4.78, 5) is 26.5. The summed E-state index contributed by atoms with van der Waals surface area (Å²) in [6.07, 6.45) is -0.459. The van der Waals surface area contributed by atoms with Crippen molar-refractivity contribution in [1.82, 2.24) is 10.2 Å². The van der Waals surface area contributed by atoms with E-state index in [0.29, 0.717) is 13.1 Å². The fourth-order valence-corrected chi connectivity index (χ4v) is 2.56. The van der Waals surface area contributed by atoms with Crippen LogP contribution in [-0.2, 0) is 20.8 Å². The van der Waals surface area contributed by atoms with Crippen molar-refractivity contribution in [3.05, 3.63) is 35.9 Å². The SMILES string of the molecule is CN(Cc1ccccc1)C[C@@H](CC(=O)OC(C)(C)C)NC(=O)OC(C)(C)C. The van der Waals surface area contributed by atoms with Crippen LogP contribution in [0.4, 0.5) is 4.79 Å². The van der Waals surface area contributed by atoms with Crippen LogP contribution in [0.25, 0.3) is 0 Å². The van der Waals surface area contributed by atoms with E-state index in [4.69, 9.17) is 9.47 Å². The molecule has 1 rings (SSSR count). The molecule has 0 aromatic heterocycles. The number of rotatable bonds is 7. The van der Waals surface area contributed by atoms with Gasteiger partial charge in [0.2, 0.25) is 0 Å². The molecule has 6 heteroatoms. The smallest absolute Gasteiger partial charge is 0.407 e. The van der Waals surface area contributed by atoms with Crippen LogP contribution in [0.5, 0.6) is 0 Å². The number of hydrogen-bond donors (Lipinski definition) is 1. The molecule has 1 aromatic rings. The highest BCUT2D eigenvalue weighted by Gasteiger charge is 2.25. The van der Waals surface area contributed by atoms with Crippen LogP contribution in [-0.4, -0.2) is 47.8 Å². The fourth-order valence-electron chi connectivity index (χ4n) is 2.56. The number of carbonyl (C=O) groups excluding carboxylic acids is 2. The summed E-state index contributed by atoms with van der Waals surface area (Å²) in [6, 6.07) is 9.62. The molecule has 1 aromatic carbocycles. The second-order valence-electron chi connectivity index (χ2n) is 8.82. The van der Waals surface area contributed by atoms with Crippen LogP contribution in [0.15, 0.2) is 30.3 Å². The number of ether oxygens (including phenoxy) is 2. The molecule has 0 spiro atoms. The summed E-state index contributed by atoms with van der Waals surface area (Å²) in [5, 5.41) is 2.80. The zero-order valence-electron chi connectivity index (χ0n) is 17.7. The Bertz CT molecular complexity index is 573. The van der Waals surface area contributed by atoms with Crippen LogP contribution >= 0.6 is 0 Å². The maximum atomic E-state index is 12.2. The summed E-state index contributed by atoms with van der Waals surface area (Å²) < 4.78 is 10.7. The third kappa shape index (κ3) is 11.3. The van der Waals surface area contributed by atoms with Crippen LogP contribution in [0, 0.1) is 0 Å². The summed E-state index contributed by atoms with van der Waals surface area (Å²) in [5.41, 5.74) is -0.00623. The number of nitrogens with one attached hydrogen (secondary N) is 1. The average Bonchev–Trinajstić information content (AvgIpc) is 2.43. The van der Waals surface area contributed by atoms with Gasteiger partial charge in [0.15, 0.2) is 0 Å². The monoisotopic (exact) mass is 378 g/mol. The Labute approximate surface area is 163 Å². The average molecular weight is 379 g/mol. The minimum absolute atomic E-state index is 0.0790. The van der Waals surface area contributed by atoms with Crippen LogP contribution in [0.1, 0.15) is 53.5 Å². The molecule has 1 N–H and O–H groups in total. The molecule has 0 radical (unpaired) electrons. The van der Waals surface area contributed by atoms with Crippen molar-refractivity contribution in [2.24, 2.45) is 0 Å². The number of benzene rings is 1. The van der Waals surface area contributed by atoms with Crippen LogP contribution < -0.4 is 5.32 Å². The van der Waals surface area contributed by atoms with Gasteiger partial charge < -0.3 is 19.7 Å². The molecule has 0 saturated carbocycles. The van der Waals surface area contributed by atoms with E-state index in [9.17, 15) is 9.59 Å². The molecule has 1 atom stereocenters. The molecule has 6 nitrogen and oxygen atoms in total. The molecule has 0 unspecified atom stereocenters. The van der Waals surface area contributed by atoms with Crippen molar-refractivity contribution in [1.29, 1.82) is 0 Å². The number of amides is 1. The third-order valence-corrected chi connectivity index (χ3v) is 3.38. The van der Waals surface area contributed by atoms with E-state index in [2.05, 4.69) is 10.2 Å². The van der Waals surface area contributed by atoms with Gasteiger partial charge >= 0.3 is 12.1 Å². The van der Waals surface area contributed by atoms with Gasteiger partial charge in [-0.2, -0.15) is 0 Å². The molecule has 0 aliphatic rings.